The molecule has 10 heteroatoms. The summed E-state index contributed by atoms with van der Waals surface area (Å²) in [6.45, 7) is 5.47. The van der Waals surface area contributed by atoms with Gasteiger partial charge in [0.25, 0.3) is 0 Å². The highest BCUT2D eigenvalue weighted by Crippen LogP contribution is 2.34. The Bertz CT molecular complexity index is 800. The number of piperidine rings is 2. The van der Waals surface area contributed by atoms with Crippen molar-refractivity contribution in [3.63, 3.8) is 0 Å². The van der Waals surface area contributed by atoms with Crippen LogP contribution in [0.2, 0.25) is 0 Å². The van der Waals surface area contributed by atoms with E-state index in [1.54, 1.807) is 14.2 Å². The van der Waals surface area contributed by atoms with E-state index in [4.69, 9.17) is 38.9 Å². The maximum Gasteiger partial charge on any atom is 0.319 e. The molecule has 4 rings (SSSR count). The van der Waals surface area contributed by atoms with E-state index < -0.39 is 0 Å². The maximum absolute atomic E-state index is 5.84. The molecule has 0 N–H and O–H groups in total. The predicted molar refractivity (Wildman–Crippen MR) is 122 cm³/mol. The summed E-state index contributed by atoms with van der Waals surface area (Å²) < 4.78 is 21.9. The van der Waals surface area contributed by atoms with Gasteiger partial charge in [-0.2, -0.15) is 19.9 Å². The molecular weight excluding hydrogens is 412 g/mol. The molecule has 0 aliphatic carbocycles. The third-order valence-corrected chi connectivity index (χ3v) is 5.81. The number of anilines is 2. The van der Waals surface area contributed by atoms with Gasteiger partial charge < -0.3 is 28.7 Å². The third-order valence-electron chi connectivity index (χ3n) is 5.81. The van der Waals surface area contributed by atoms with Crippen molar-refractivity contribution >= 4 is 22.7 Å². The van der Waals surface area contributed by atoms with Crippen molar-refractivity contribution in [2.45, 2.75) is 38.5 Å². The summed E-state index contributed by atoms with van der Waals surface area (Å²) in [6, 6.07) is 0.676. The molecule has 0 spiro atoms. The Hall–Kier alpha value is -2.46. The molecule has 0 atom stereocenters. The molecule has 2 fully saturated rings. The van der Waals surface area contributed by atoms with Crippen molar-refractivity contribution in [1.82, 2.24) is 19.9 Å². The fourth-order valence-electron chi connectivity index (χ4n) is 4.16. The SMILES string of the molecule is COCCOc1nc(N2CCCCC2)c2nc(OCCOC)nc(N3CCCCC3)c2n1. The van der Waals surface area contributed by atoms with Gasteiger partial charge in [-0.1, -0.05) is 0 Å². The fourth-order valence-corrected chi connectivity index (χ4v) is 4.16. The monoisotopic (exact) mass is 446 g/mol. The summed E-state index contributed by atoms with van der Waals surface area (Å²) in [6.07, 6.45) is 6.99. The molecule has 2 aromatic rings. The van der Waals surface area contributed by atoms with Crippen LogP contribution in [0.15, 0.2) is 0 Å². The van der Waals surface area contributed by atoms with Crippen LogP contribution in [0.25, 0.3) is 11.0 Å². The first-order chi connectivity index (χ1) is 15.8. The molecule has 0 amide bonds. The zero-order chi connectivity index (χ0) is 22.2. The van der Waals surface area contributed by atoms with Crippen LogP contribution in [-0.4, -0.2) is 86.8 Å². The topological polar surface area (TPSA) is 95.0 Å². The van der Waals surface area contributed by atoms with E-state index in [0.717, 1.165) is 63.5 Å². The average molecular weight is 447 g/mol. The van der Waals surface area contributed by atoms with Crippen LogP contribution in [0.4, 0.5) is 11.6 Å². The summed E-state index contributed by atoms with van der Waals surface area (Å²) in [4.78, 5) is 23.6. The van der Waals surface area contributed by atoms with Gasteiger partial charge in [-0.15, -0.1) is 0 Å². The molecule has 0 saturated carbocycles. The molecule has 0 bridgehead atoms. The van der Waals surface area contributed by atoms with Crippen LogP contribution in [0.3, 0.4) is 0 Å². The van der Waals surface area contributed by atoms with Gasteiger partial charge in [-0.25, -0.2) is 0 Å². The van der Waals surface area contributed by atoms with E-state index in [1.165, 1.54) is 12.8 Å². The predicted octanol–water partition coefficient (Wildman–Crippen LogP) is 2.45. The number of ether oxygens (including phenoxy) is 4. The second-order valence-electron chi connectivity index (χ2n) is 8.13. The summed E-state index contributed by atoms with van der Waals surface area (Å²) in [5, 5.41) is 0. The Kier molecular flexibility index (Phi) is 8.11. The van der Waals surface area contributed by atoms with E-state index in [0.29, 0.717) is 49.5 Å². The van der Waals surface area contributed by atoms with Crippen molar-refractivity contribution in [2.75, 3.05) is 76.6 Å². The molecule has 10 nitrogen and oxygen atoms in total. The number of methoxy groups -OCH3 is 2. The zero-order valence-corrected chi connectivity index (χ0v) is 19.2. The molecule has 0 aromatic carbocycles. The summed E-state index contributed by atoms with van der Waals surface area (Å²) >= 11 is 0. The van der Waals surface area contributed by atoms with Gasteiger partial charge in [-0.3, -0.25) is 0 Å². The lowest BCUT2D eigenvalue weighted by Crippen LogP contribution is -2.32. The first kappa shape index (κ1) is 22.7. The smallest absolute Gasteiger partial charge is 0.319 e. The Morgan fingerprint density at radius 2 is 0.969 bits per heavy atom. The largest absolute Gasteiger partial charge is 0.461 e. The van der Waals surface area contributed by atoms with Crippen molar-refractivity contribution < 1.29 is 18.9 Å². The molecule has 0 unspecified atom stereocenters. The molecule has 0 radical (unpaired) electrons. The van der Waals surface area contributed by atoms with E-state index in [1.807, 2.05) is 0 Å². The lowest BCUT2D eigenvalue weighted by molar-refractivity contribution is 0.140. The number of hydrogen-bond donors (Lipinski definition) is 0. The van der Waals surface area contributed by atoms with Crippen LogP contribution < -0.4 is 19.3 Å². The number of rotatable bonds is 10. The van der Waals surface area contributed by atoms with Gasteiger partial charge in [0.05, 0.1) is 13.2 Å². The van der Waals surface area contributed by atoms with E-state index in [2.05, 4.69) is 9.80 Å². The summed E-state index contributed by atoms with van der Waals surface area (Å²) in [5.41, 5.74) is 1.43. The minimum Gasteiger partial charge on any atom is -0.461 e. The standard InChI is InChI=1S/C22H34N6O4/c1-29-13-15-31-21-23-17-18(19(25-21)27-9-5-3-6-10-27)24-22(32-16-14-30-2)26-20(17)28-11-7-4-8-12-28/h3-16H2,1-2H3. The van der Waals surface area contributed by atoms with Crippen molar-refractivity contribution in [3.8, 4) is 12.0 Å². The summed E-state index contributed by atoms with van der Waals surface area (Å²) in [5.74, 6) is 1.58. The molecule has 2 saturated heterocycles. The number of aromatic nitrogens is 4. The third kappa shape index (κ3) is 5.47. The van der Waals surface area contributed by atoms with Gasteiger partial charge in [0.1, 0.15) is 24.2 Å². The van der Waals surface area contributed by atoms with Crippen LogP contribution in [-0.2, 0) is 9.47 Å². The lowest BCUT2D eigenvalue weighted by atomic mass is 10.1. The molecule has 2 aliphatic rings. The summed E-state index contributed by atoms with van der Waals surface area (Å²) in [7, 11) is 3.30. The van der Waals surface area contributed by atoms with E-state index in [9.17, 15) is 0 Å². The van der Waals surface area contributed by atoms with Crippen molar-refractivity contribution in [2.24, 2.45) is 0 Å². The first-order valence-electron chi connectivity index (χ1n) is 11.6. The van der Waals surface area contributed by atoms with Crippen molar-refractivity contribution in [3.05, 3.63) is 0 Å². The molecule has 32 heavy (non-hydrogen) atoms. The highest BCUT2D eigenvalue weighted by atomic mass is 16.5. The quantitative estimate of drug-likeness (QED) is 0.506. The Balaban J connectivity index is 1.80. The van der Waals surface area contributed by atoms with E-state index >= 15 is 0 Å². The number of hydrogen-bond acceptors (Lipinski definition) is 10. The highest BCUT2D eigenvalue weighted by Gasteiger charge is 2.25. The zero-order valence-electron chi connectivity index (χ0n) is 19.2. The number of fused-ring (bicyclic) bond motifs is 1. The van der Waals surface area contributed by atoms with Crippen LogP contribution in [0.5, 0.6) is 12.0 Å². The Labute approximate surface area is 189 Å². The highest BCUT2D eigenvalue weighted by molar-refractivity contribution is 5.93. The molecule has 2 aromatic heterocycles. The second kappa shape index (κ2) is 11.4. The first-order valence-corrected chi connectivity index (χ1v) is 11.6. The van der Waals surface area contributed by atoms with Crippen LogP contribution in [0.1, 0.15) is 38.5 Å². The van der Waals surface area contributed by atoms with Gasteiger partial charge in [0.2, 0.25) is 0 Å². The number of nitrogens with zero attached hydrogens (tertiary/aromatic N) is 6. The van der Waals surface area contributed by atoms with Crippen molar-refractivity contribution in [1.29, 1.82) is 0 Å². The van der Waals surface area contributed by atoms with Gasteiger partial charge in [0.15, 0.2) is 11.6 Å². The maximum atomic E-state index is 5.84. The van der Waals surface area contributed by atoms with Gasteiger partial charge in [-0.05, 0) is 38.5 Å². The van der Waals surface area contributed by atoms with Crippen LogP contribution in [0, 0.1) is 0 Å². The van der Waals surface area contributed by atoms with E-state index in [-0.39, 0.29) is 0 Å². The molecule has 4 heterocycles. The van der Waals surface area contributed by atoms with Gasteiger partial charge in [0, 0.05) is 40.4 Å². The minimum atomic E-state index is 0.338. The Morgan fingerprint density at radius 1 is 0.562 bits per heavy atom. The van der Waals surface area contributed by atoms with Gasteiger partial charge >= 0.3 is 12.0 Å². The molecular formula is C22H34N6O4. The normalized spacial score (nSPS) is 17.1. The lowest BCUT2D eigenvalue weighted by Gasteiger charge is -2.30. The average Bonchev–Trinajstić information content (AvgIpc) is 2.85. The fraction of sp³-hybridized carbons (Fsp3) is 0.727. The minimum absolute atomic E-state index is 0.338. The second-order valence-corrected chi connectivity index (χ2v) is 8.13. The van der Waals surface area contributed by atoms with Crippen LogP contribution >= 0.6 is 0 Å². The molecule has 2 aliphatic heterocycles. The molecule has 176 valence electrons. The Morgan fingerprint density at radius 3 is 1.34 bits per heavy atom.